The molecule has 0 fully saturated rings. The molecule has 0 radical (unpaired) electrons. The van der Waals surface area contributed by atoms with Crippen molar-refractivity contribution in [2.75, 3.05) is 10.0 Å². The number of benzene rings is 3. The molecular formula is C21H19ClN2O4S. The summed E-state index contributed by atoms with van der Waals surface area (Å²) < 4.78 is 27.8. The first-order valence-corrected chi connectivity index (χ1v) is 10.5. The molecule has 6 nitrogen and oxygen atoms in total. The monoisotopic (exact) mass is 430 g/mol. The number of phenols is 1. The highest BCUT2D eigenvalue weighted by Crippen LogP contribution is 2.29. The van der Waals surface area contributed by atoms with E-state index in [0.29, 0.717) is 16.3 Å². The molecule has 0 unspecified atom stereocenters. The first-order valence-electron chi connectivity index (χ1n) is 8.66. The van der Waals surface area contributed by atoms with E-state index in [1.807, 2.05) is 19.9 Å². The van der Waals surface area contributed by atoms with Crippen molar-refractivity contribution in [3.63, 3.8) is 0 Å². The third-order valence-electron chi connectivity index (χ3n) is 4.45. The highest BCUT2D eigenvalue weighted by molar-refractivity contribution is 7.92. The van der Waals surface area contributed by atoms with Crippen molar-refractivity contribution in [1.29, 1.82) is 0 Å². The first-order chi connectivity index (χ1) is 13.7. The maximum atomic E-state index is 12.7. The standard InChI is InChI=1S/C21H19ClN2O4S/c1-13-5-3-8-18(14(13)2)21(26)23-19-12-17(9-10-20(19)25)29(27,28)24-16-7-4-6-15(22)11-16/h3-12,24-25H,1-2H3,(H,23,26). The highest BCUT2D eigenvalue weighted by atomic mass is 35.5. The summed E-state index contributed by atoms with van der Waals surface area (Å²) in [5.41, 5.74) is 2.48. The van der Waals surface area contributed by atoms with Crippen LogP contribution in [0.5, 0.6) is 5.75 Å². The molecule has 0 aromatic heterocycles. The van der Waals surface area contributed by atoms with E-state index in [2.05, 4.69) is 10.0 Å². The largest absolute Gasteiger partial charge is 0.506 e. The Hall–Kier alpha value is -3.03. The van der Waals surface area contributed by atoms with Crippen LogP contribution in [0.3, 0.4) is 0 Å². The van der Waals surface area contributed by atoms with Crippen molar-refractivity contribution >= 4 is 38.9 Å². The van der Waals surface area contributed by atoms with Gasteiger partial charge >= 0.3 is 0 Å². The van der Waals surface area contributed by atoms with Gasteiger partial charge in [-0.1, -0.05) is 29.8 Å². The lowest BCUT2D eigenvalue weighted by molar-refractivity contribution is 0.102. The predicted octanol–water partition coefficient (Wildman–Crippen LogP) is 4.72. The molecule has 150 valence electrons. The Morgan fingerprint density at radius 2 is 1.72 bits per heavy atom. The first kappa shape index (κ1) is 20.7. The van der Waals surface area contributed by atoms with Crippen LogP contribution in [-0.4, -0.2) is 19.4 Å². The summed E-state index contributed by atoms with van der Waals surface area (Å²) in [5.74, 6) is -0.691. The Labute approximate surface area is 174 Å². The normalized spacial score (nSPS) is 11.1. The summed E-state index contributed by atoms with van der Waals surface area (Å²) in [6.07, 6.45) is 0. The molecular weight excluding hydrogens is 412 g/mol. The molecule has 3 N–H and O–H groups in total. The lowest BCUT2D eigenvalue weighted by Gasteiger charge is -2.13. The second-order valence-electron chi connectivity index (χ2n) is 6.50. The molecule has 8 heteroatoms. The number of rotatable bonds is 5. The smallest absolute Gasteiger partial charge is 0.261 e. The van der Waals surface area contributed by atoms with Gasteiger partial charge in [-0.05, 0) is 67.4 Å². The van der Waals surface area contributed by atoms with Gasteiger partial charge in [0.15, 0.2) is 0 Å². The van der Waals surface area contributed by atoms with Gasteiger partial charge in [0.05, 0.1) is 16.3 Å². The molecule has 3 aromatic carbocycles. The third kappa shape index (κ3) is 4.70. The number of hydrogen-bond acceptors (Lipinski definition) is 4. The van der Waals surface area contributed by atoms with Crippen LogP contribution in [0, 0.1) is 13.8 Å². The van der Waals surface area contributed by atoms with Gasteiger partial charge in [0.2, 0.25) is 0 Å². The molecule has 3 rings (SSSR count). The Bertz CT molecular complexity index is 1190. The Balaban J connectivity index is 1.89. The fourth-order valence-electron chi connectivity index (χ4n) is 2.74. The van der Waals surface area contributed by atoms with Crippen molar-refractivity contribution < 1.29 is 18.3 Å². The number of hydrogen-bond donors (Lipinski definition) is 3. The number of carbonyl (C=O) groups excluding carboxylic acids is 1. The van der Waals surface area contributed by atoms with Gasteiger partial charge in [0.1, 0.15) is 5.75 Å². The van der Waals surface area contributed by atoms with Crippen molar-refractivity contribution in [3.05, 3.63) is 82.4 Å². The summed E-state index contributed by atoms with van der Waals surface area (Å²) in [5, 5.41) is 13.1. The number of phenolic OH excluding ortho intramolecular Hbond substituents is 1. The Kier molecular flexibility index (Phi) is 5.81. The molecule has 0 saturated heterocycles. The summed E-state index contributed by atoms with van der Waals surface area (Å²) in [7, 11) is -3.96. The van der Waals surface area contributed by atoms with Gasteiger partial charge in [-0.15, -0.1) is 0 Å². The molecule has 0 atom stereocenters. The van der Waals surface area contributed by atoms with E-state index in [1.165, 1.54) is 24.3 Å². The molecule has 0 heterocycles. The van der Waals surface area contributed by atoms with Crippen LogP contribution in [-0.2, 0) is 10.0 Å². The number of aromatic hydroxyl groups is 1. The van der Waals surface area contributed by atoms with Gasteiger partial charge in [-0.25, -0.2) is 8.42 Å². The number of nitrogens with one attached hydrogen (secondary N) is 2. The van der Waals surface area contributed by atoms with Crippen molar-refractivity contribution in [2.24, 2.45) is 0 Å². The maximum absolute atomic E-state index is 12.7. The van der Waals surface area contributed by atoms with Crippen molar-refractivity contribution in [2.45, 2.75) is 18.7 Å². The number of carbonyl (C=O) groups is 1. The zero-order valence-electron chi connectivity index (χ0n) is 15.7. The second-order valence-corrected chi connectivity index (χ2v) is 8.62. The minimum Gasteiger partial charge on any atom is -0.506 e. The highest BCUT2D eigenvalue weighted by Gasteiger charge is 2.18. The SMILES string of the molecule is Cc1cccc(C(=O)Nc2cc(S(=O)(=O)Nc3cccc(Cl)c3)ccc2O)c1C. The van der Waals surface area contributed by atoms with Gasteiger partial charge in [-0.3, -0.25) is 9.52 Å². The van der Waals surface area contributed by atoms with Crippen molar-refractivity contribution in [3.8, 4) is 5.75 Å². The lowest BCUT2D eigenvalue weighted by atomic mass is 10.0. The van der Waals surface area contributed by atoms with Crippen molar-refractivity contribution in [1.82, 2.24) is 0 Å². The number of sulfonamides is 1. The summed E-state index contributed by atoms with van der Waals surface area (Å²) in [4.78, 5) is 12.5. The molecule has 0 spiro atoms. The van der Waals surface area contributed by atoms with E-state index >= 15 is 0 Å². The van der Waals surface area contributed by atoms with Crippen LogP contribution in [0.2, 0.25) is 5.02 Å². The molecule has 0 aliphatic carbocycles. The van der Waals surface area contributed by atoms with E-state index in [-0.39, 0.29) is 16.3 Å². The van der Waals surface area contributed by atoms with Crippen LogP contribution < -0.4 is 10.0 Å². The van der Waals surface area contributed by atoms with Gasteiger partial charge in [0, 0.05) is 10.6 Å². The zero-order chi connectivity index (χ0) is 21.2. The summed E-state index contributed by atoms with van der Waals surface area (Å²) >= 11 is 5.89. The van der Waals surface area contributed by atoms with E-state index < -0.39 is 15.9 Å². The van der Waals surface area contributed by atoms with Crippen LogP contribution >= 0.6 is 11.6 Å². The number of amides is 1. The van der Waals surface area contributed by atoms with Crippen LogP contribution in [0.1, 0.15) is 21.5 Å². The van der Waals surface area contributed by atoms with Crippen LogP contribution in [0.15, 0.2) is 65.6 Å². The zero-order valence-corrected chi connectivity index (χ0v) is 17.3. The number of anilines is 2. The molecule has 3 aromatic rings. The summed E-state index contributed by atoms with van der Waals surface area (Å²) in [6.45, 7) is 3.71. The summed E-state index contributed by atoms with van der Waals surface area (Å²) in [6, 6.07) is 15.2. The van der Waals surface area contributed by atoms with E-state index in [1.54, 1.807) is 30.3 Å². The van der Waals surface area contributed by atoms with E-state index in [4.69, 9.17) is 11.6 Å². The molecule has 0 saturated carbocycles. The minimum absolute atomic E-state index is 0.00937. The van der Waals surface area contributed by atoms with E-state index in [9.17, 15) is 18.3 Å². The number of halogens is 1. The number of aryl methyl sites for hydroxylation is 1. The Morgan fingerprint density at radius 1 is 1.00 bits per heavy atom. The van der Waals surface area contributed by atoms with Gasteiger partial charge in [-0.2, -0.15) is 0 Å². The van der Waals surface area contributed by atoms with Crippen LogP contribution in [0.25, 0.3) is 0 Å². The van der Waals surface area contributed by atoms with Crippen LogP contribution in [0.4, 0.5) is 11.4 Å². The fourth-order valence-corrected chi connectivity index (χ4v) is 4.00. The molecule has 0 aliphatic heterocycles. The predicted molar refractivity (Wildman–Crippen MR) is 114 cm³/mol. The molecule has 1 amide bonds. The molecule has 0 bridgehead atoms. The Morgan fingerprint density at radius 3 is 2.45 bits per heavy atom. The lowest BCUT2D eigenvalue weighted by Crippen LogP contribution is -2.16. The average Bonchev–Trinajstić information content (AvgIpc) is 2.65. The third-order valence-corrected chi connectivity index (χ3v) is 6.07. The quantitative estimate of drug-likeness (QED) is 0.510. The average molecular weight is 431 g/mol. The van der Waals surface area contributed by atoms with E-state index in [0.717, 1.165) is 11.1 Å². The minimum atomic E-state index is -3.96. The fraction of sp³-hybridized carbons (Fsp3) is 0.0952. The molecule has 0 aliphatic rings. The topological polar surface area (TPSA) is 95.5 Å². The molecule has 29 heavy (non-hydrogen) atoms. The van der Waals surface area contributed by atoms with Gasteiger partial charge < -0.3 is 10.4 Å². The van der Waals surface area contributed by atoms with Gasteiger partial charge in [0.25, 0.3) is 15.9 Å². The maximum Gasteiger partial charge on any atom is 0.261 e. The second kappa shape index (κ2) is 8.14.